The van der Waals surface area contributed by atoms with Crippen molar-refractivity contribution in [3.05, 3.63) is 29.8 Å². The number of hydrogen-bond donors (Lipinski definition) is 2. The highest BCUT2D eigenvalue weighted by Crippen LogP contribution is 2.18. The van der Waals surface area contributed by atoms with Crippen molar-refractivity contribution in [3.63, 3.8) is 0 Å². The molecular formula is C16H26N2O. The zero-order valence-electron chi connectivity index (χ0n) is 12.1. The predicted molar refractivity (Wildman–Crippen MR) is 80.6 cm³/mol. The van der Waals surface area contributed by atoms with Crippen LogP contribution in [0.15, 0.2) is 24.3 Å². The Kier molecular flexibility index (Phi) is 5.23. The molecule has 2 N–H and O–H groups in total. The van der Waals surface area contributed by atoms with E-state index in [1.165, 1.54) is 37.2 Å². The van der Waals surface area contributed by atoms with E-state index in [1.54, 1.807) is 0 Å². The molecule has 106 valence electrons. The van der Waals surface area contributed by atoms with E-state index in [2.05, 4.69) is 48.3 Å². The van der Waals surface area contributed by atoms with Gasteiger partial charge >= 0.3 is 0 Å². The molecule has 0 radical (unpaired) electrons. The summed E-state index contributed by atoms with van der Waals surface area (Å²) in [5.74, 6) is 0. The van der Waals surface area contributed by atoms with Crippen molar-refractivity contribution < 1.29 is 5.11 Å². The fourth-order valence-electron chi connectivity index (χ4n) is 2.69. The zero-order chi connectivity index (χ0) is 13.7. The summed E-state index contributed by atoms with van der Waals surface area (Å²) < 4.78 is 0. The van der Waals surface area contributed by atoms with Crippen LogP contribution in [0.2, 0.25) is 0 Å². The fourth-order valence-corrected chi connectivity index (χ4v) is 2.69. The van der Waals surface area contributed by atoms with Gasteiger partial charge in [-0.3, -0.25) is 0 Å². The third kappa shape index (κ3) is 4.22. The number of nitrogens with zero attached hydrogens (tertiary/aromatic N) is 1. The number of rotatable bonds is 5. The molecule has 0 atom stereocenters. The van der Waals surface area contributed by atoms with Gasteiger partial charge in [-0.25, -0.2) is 0 Å². The Labute approximate surface area is 116 Å². The van der Waals surface area contributed by atoms with E-state index in [4.69, 9.17) is 5.11 Å². The second-order valence-corrected chi connectivity index (χ2v) is 5.72. The zero-order valence-corrected chi connectivity index (χ0v) is 12.1. The molecule has 1 heterocycles. The second-order valence-electron chi connectivity index (χ2n) is 5.72. The molecule has 0 unspecified atom stereocenters. The maximum absolute atomic E-state index is 8.90. The monoisotopic (exact) mass is 262 g/mol. The van der Waals surface area contributed by atoms with Gasteiger partial charge in [-0.05, 0) is 50.8 Å². The molecule has 19 heavy (non-hydrogen) atoms. The lowest BCUT2D eigenvalue weighted by Crippen LogP contribution is -2.42. The van der Waals surface area contributed by atoms with E-state index in [0.29, 0.717) is 12.1 Å². The number of hydrogen-bond acceptors (Lipinski definition) is 3. The van der Waals surface area contributed by atoms with Crippen LogP contribution >= 0.6 is 0 Å². The molecule has 1 fully saturated rings. The summed E-state index contributed by atoms with van der Waals surface area (Å²) in [5, 5.41) is 12.5. The molecule has 1 aliphatic rings. The molecule has 0 amide bonds. The van der Waals surface area contributed by atoms with E-state index in [0.717, 1.165) is 6.42 Å². The molecule has 0 saturated carbocycles. The van der Waals surface area contributed by atoms with Crippen molar-refractivity contribution >= 4 is 5.69 Å². The van der Waals surface area contributed by atoms with Gasteiger partial charge in [0.1, 0.15) is 0 Å². The average molecular weight is 262 g/mol. The molecule has 1 aromatic rings. The Morgan fingerprint density at radius 3 is 2.37 bits per heavy atom. The predicted octanol–water partition coefficient (Wildman–Crippen LogP) is 2.51. The van der Waals surface area contributed by atoms with Gasteiger partial charge in [-0.1, -0.05) is 12.1 Å². The van der Waals surface area contributed by atoms with Gasteiger partial charge in [-0.15, -0.1) is 0 Å². The minimum Gasteiger partial charge on any atom is -0.396 e. The van der Waals surface area contributed by atoms with Crippen LogP contribution in [-0.4, -0.2) is 41.8 Å². The van der Waals surface area contributed by atoms with Crippen molar-refractivity contribution in [2.45, 2.75) is 45.2 Å². The summed E-state index contributed by atoms with van der Waals surface area (Å²) in [6, 6.07) is 9.71. The summed E-state index contributed by atoms with van der Waals surface area (Å²) in [6.45, 7) is 7.15. The van der Waals surface area contributed by atoms with Gasteiger partial charge in [0.25, 0.3) is 0 Å². The third-order valence-corrected chi connectivity index (χ3v) is 3.99. The van der Waals surface area contributed by atoms with Crippen molar-refractivity contribution in [1.29, 1.82) is 0 Å². The third-order valence-electron chi connectivity index (χ3n) is 3.99. The molecule has 0 bridgehead atoms. The van der Waals surface area contributed by atoms with Crippen LogP contribution in [0.25, 0.3) is 0 Å². The minimum absolute atomic E-state index is 0.223. The van der Waals surface area contributed by atoms with Gasteiger partial charge in [0, 0.05) is 37.5 Å². The maximum atomic E-state index is 8.90. The summed E-state index contributed by atoms with van der Waals surface area (Å²) >= 11 is 0. The van der Waals surface area contributed by atoms with Crippen LogP contribution in [0, 0.1) is 0 Å². The Bertz CT molecular complexity index is 367. The molecule has 0 aromatic heterocycles. The van der Waals surface area contributed by atoms with Crippen LogP contribution in [0.5, 0.6) is 0 Å². The van der Waals surface area contributed by atoms with Crippen LogP contribution in [0.1, 0.15) is 32.3 Å². The first-order valence-corrected chi connectivity index (χ1v) is 7.39. The molecule has 0 spiro atoms. The summed E-state index contributed by atoms with van der Waals surface area (Å²) in [7, 11) is 0. The number of benzene rings is 1. The lowest BCUT2D eigenvalue weighted by Gasteiger charge is -2.35. The maximum Gasteiger partial charge on any atom is 0.0471 e. The highest BCUT2D eigenvalue weighted by atomic mass is 16.2. The lowest BCUT2D eigenvalue weighted by molar-refractivity contribution is 0.177. The van der Waals surface area contributed by atoms with E-state index in [-0.39, 0.29) is 6.61 Å². The van der Waals surface area contributed by atoms with Crippen LogP contribution in [0.3, 0.4) is 0 Å². The van der Waals surface area contributed by atoms with E-state index >= 15 is 0 Å². The summed E-state index contributed by atoms with van der Waals surface area (Å²) in [4.78, 5) is 2.54. The Morgan fingerprint density at radius 1 is 1.21 bits per heavy atom. The normalized spacial score (nSPS) is 17.9. The number of likely N-dealkylation sites (tertiary alicyclic amines) is 1. The van der Waals surface area contributed by atoms with Crippen molar-refractivity contribution in [2.75, 3.05) is 25.0 Å². The van der Waals surface area contributed by atoms with Crippen LogP contribution < -0.4 is 5.32 Å². The van der Waals surface area contributed by atoms with E-state index < -0.39 is 0 Å². The van der Waals surface area contributed by atoms with Gasteiger partial charge in [0.2, 0.25) is 0 Å². The molecule has 0 aliphatic carbocycles. The Balaban J connectivity index is 1.82. The van der Waals surface area contributed by atoms with Crippen molar-refractivity contribution in [3.8, 4) is 0 Å². The van der Waals surface area contributed by atoms with Gasteiger partial charge in [0.15, 0.2) is 0 Å². The SMILES string of the molecule is CC(C)N1CCC(Nc2ccc(CCO)cc2)CC1. The standard InChI is InChI=1S/C16H26N2O/c1-13(2)18-10-7-16(8-11-18)17-15-5-3-14(4-6-15)9-12-19/h3-6,13,16-17,19H,7-12H2,1-2H3. The number of nitrogens with one attached hydrogen (secondary N) is 1. The molecular weight excluding hydrogens is 236 g/mol. The van der Waals surface area contributed by atoms with Gasteiger partial charge in [-0.2, -0.15) is 0 Å². The second kappa shape index (κ2) is 6.92. The number of aliphatic hydroxyl groups excluding tert-OH is 1. The number of piperidine rings is 1. The quantitative estimate of drug-likeness (QED) is 0.856. The smallest absolute Gasteiger partial charge is 0.0471 e. The van der Waals surface area contributed by atoms with E-state index in [1.807, 2.05) is 0 Å². The summed E-state index contributed by atoms with van der Waals surface area (Å²) in [5.41, 5.74) is 2.40. The van der Waals surface area contributed by atoms with Gasteiger partial charge in [0.05, 0.1) is 0 Å². The first-order valence-electron chi connectivity index (χ1n) is 7.39. The topological polar surface area (TPSA) is 35.5 Å². The van der Waals surface area contributed by atoms with E-state index in [9.17, 15) is 0 Å². The molecule has 2 rings (SSSR count). The van der Waals surface area contributed by atoms with Crippen molar-refractivity contribution in [1.82, 2.24) is 4.90 Å². The van der Waals surface area contributed by atoms with Crippen molar-refractivity contribution in [2.24, 2.45) is 0 Å². The minimum atomic E-state index is 0.223. The largest absolute Gasteiger partial charge is 0.396 e. The van der Waals surface area contributed by atoms with Gasteiger partial charge < -0.3 is 15.3 Å². The highest BCUT2D eigenvalue weighted by Gasteiger charge is 2.20. The Morgan fingerprint density at radius 2 is 1.84 bits per heavy atom. The van der Waals surface area contributed by atoms with Crippen LogP contribution in [-0.2, 0) is 6.42 Å². The highest BCUT2D eigenvalue weighted by molar-refractivity contribution is 5.45. The first-order chi connectivity index (χ1) is 9.19. The summed E-state index contributed by atoms with van der Waals surface area (Å²) in [6.07, 6.45) is 3.18. The first kappa shape index (κ1) is 14.4. The number of aliphatic hydroxyl groups is 1. The molecule has 1 aromatic carbocycles. The number of anilines is 1. The average Bonchev–Trinajstić information content (AvgIpc) is 2.42. The molecule has 3 heteroatoms. The van der Waals surface area contributed by atoms with Crippen LogP contribution in [0.4, 0.5) is 5.69 Å². The molecule has 1 aliphatic heterocycles. The Hall–Kier alpha value is -1.06. The molecule has 3 nitrogen and oxygen atoms in total. The lowest BCUT2D eigenvalue weighted by atomic mass is 10.0. The fraction of sp³-hybridized carbons (Fsp3) is 0.625. The molecule has 1 saturated heterocycles.